The average Bonchev–Trinajstić information content (AvgIpc) is 3.59. The van der Waals surface area contributed by atoms with Gasteiger partial charge in [-0.3, -0.25) is 4.79 Å². The second-order valence-electron chi connectivity index (χ2n) is 10.9. The molecule has 5 rings (SSSR count). The largest absolute Gasteiger partial charge is 0.351 e. The van der Waals surface area contributed by atoms with Gasteiger partial charge in [0.1, 0.15) is 17.4 Å². The third-order valence-corrected chi connectivity index (χ3v) is 9.66. The molecule has 4 aliphatic rings. The molecule has 3 aliphatic heterocycles. The molecule has 1 aliphatic carbocycles. The highest BCUT2D eigenvalue weighted by molar-refractivity contribution is 7.15. The van der Waals surface area contributed by atoms with E-state index in [0.717, 1.165) is 56.5 Å². The fourth-order valence-corrected chi connectivity index (χ4v) is 7.41. The summed E-state index contributed by atoms with van der Waals surface area (Å²) < 4.78 is 15.3. The number of aliphatic imine (C=N–C) groups is 2. The predicted molar refractivity (Wildman–Crippen MR) is 153 cm³/mol. The number of hydrazine groups is 1. The number of fused-ring (bicyclic) bond motifs is 2. The van der Waals surface area contributed by atoms with Crippen LogP contribution in [0.5, 0.6) is 0 Å². The van der Waals surface area contributed by atoms with Gasteiger partial charge in [-0.2, -0.15) is 0 Å². The number of nitrogens with zero attached hydrogens (tertiary/aromatic N) is 3. The number of allylic oxidation sites excluding steroid dienone is 3. The first-order chi connectivity index (χ1) is 18.4. The molecular weight excluding hydrogens is 499 g/mol. The lowest BCUT2D eigenvalue weighted by molar-refractivity contribution is 0.0927. The molecule has 4 heterocycles. The van der Waals surface area contributed by atoms with Crippen molar-refractivity contribution in [2.24, 2.45) is 15.9 Å². The van der Waals surface area contributed by atoms with Crippen LogP contribution < -0.4 is 16.2 Å². The van der Waals surface area contributed by atoms with E-state index in [9.17, 15) is 4.79 Å². The maximum absolute atomic E-state index is 15.3. The zero-order valence-electron chi connectivity index (χ0n) is 22.6. The van der Waals surface area contributed by atoms with E-state index in [1.807, 2.05) is 25.1 Å². The third kappa shape index (κ3) is 5.55. The Morgan fingerprint density at radius 1 is 1.29 bits per heavy atom. The van der Waals surface area contributed by atoms with Crippen molar-refractivity contribution in [2.75, 3.05) is 26.7 Å². The number of hydrogen-bond donors (Lipinski definition) is 3. The van der Waals surface area contributed by atoms with Crippen LogP contribution in [0.2, 0.25) is 0 Å². The number of thiophene rings is 1. The molecule has 1 spiro atoms. The summed E-state index contributed by atoms with van der Waals surface area (Å²) in [7, 11) is 2.17. The minimum absolute atomic E-state index is 0.0290. The van der Waals surface area contributed by atoms with Crippen LogP contribution in [0.25, 0.3) is 0 Å². The fraction of sp³-hybridized carbons (Fsp3) is 0.552. The van der Waals surface area contributed by atoms with Gasteiger partial charge in [0.15, 0.2) is 5.82 Å². The van der Waals surface area contributed by atoms with Crippen LogP contribution in [-0.2, 0) is 5.41 Å². The molecule has 0 radical (unpaired) electrons. The monoisotopic (exact) mass is 538 g/mol. The van der Waals surface area contributed by atoms with Crippen molar-refractivity contribution in [1.82, 2.24) is 21.1 Å². The molecule has 1 amide bonds. The fourth-order valence-electron chi connectivity index (χ4n) is 6.02. The Balaban J connectivity index is 1.43. The number of hydrogen-bond acceptors (Lipinski definition) is 6. The highest BCUT2D eigenvalue weighted by Gasteiger charge is 2.43. The SMILES string of the molecule is C\C=C(F)/C(=N/C(=C/CC)N=C1C=CC(C2CCN(C)CC2)NN1)c1cc2c(s1)C1(CCCC1)CNC2=O. The topological polar surface area (TPSA) is 81.1 Å². The molecule has 1 aromatic heterocycles. The number of amidine groups is 1. The Morgan fingerprint density at radius 2 is 2.05 bits per heavy atom. The molecular formula is C29H39FN6OS. The number of nitrogens with one attached hydrogen (secondary N) is 3. The minimum Gasteiger partial charge on any atom is -0.351 e. The highest BCUT2D eigenvalue weighted by atomic mass is 32.1. The molecule has 1 atom stereocenters. The molecule has 1 saturated carbocycles. The number of amides is 1. The van der Waals surface area contributed by atoms with Crippen molar-refractivity contribution >= 4 is 28.8 Å². The lowest BCUT2D eigenvalue weighted by Crippen LogP contribution is -2.51. The Labute approximate surface area is 229 Å². The lowest BCUT2D eigenvalue weighted by Gasteiger charge is -2.35. The summed E-state index contributed by atoms with van der Waals surface area (Å²) in [5, 5.41) is 3.07. The van der Waals surface area contributed by atoms with Crippen LogP contribution in [0.15, 0.2) is 52.0 Å². The highest BCUT2D eigenvalue weighted by Crippen LogP contribution is 2.47. The van der Waals surface area contributed by atoms with Gasteiger partial charge in [0.2, 0.25) is 0 Å². The van der Waals surface area contributed by atoms with Crippen LogP contribution in [-0.4, -0.2) is 55.1 Å². The third-order valence-electron chi connectivity index (χ3n) is 8.27. The molecule has 9 heteroatoms. The molecule has 38 heavy (non-hydrogen) atoms. The van der Waals surface area contributed by atoms with Crippen LogP contribution in [0.4, 0.5) is 4.39 Å². The van der Waals surface area contributed by atoms with Crippen LogP contribution in [0.3, 0.4) is 0 Å². The van der Waals surface area contributed by atoms with E-state index in [2.05, 4.69) is 34.2 Å². The Kier molecular flexibility index (Phi) is 8.26. The maximum Gasteiger partial charge on any atom is 0.252 e. The normalized spacial score (nSPS) is 26.1. The van der Waals surface area contributed by atoms with Gasteiger partial charge >= 0.3 is 0 Å². The summed E-state index contributed by atoms with van der Waals surface area (Å²) in [5.41, 5.74) is 7.50. The zero-order chi connectivity index (χ0) is 26.7. The Bertz CT molecular complexity index is 1200. The van der Waals surface area contributed by atoms with E-state index in [0.29, 0.717) is 41.0 Å². The quantitative estimate of drug-likeness (QED) is 0.446. The van der Waals surface area contributed by atoms with Crippen LogP contribution in [0.1, 0.15) is 78.9 Å². The number of piperidine rings is 1. The molecule has 1 saturated heterocycles. The Morgan fingerprint density at radius 3 is 2.71 bits per heavy atom. The van der Waals surface area contributed by atoms with Crippen molar-refractivity contribution in [2.45, 2.75) is 70.3 Å². The first kappa shape index (κ1) is 27.0. The maximum atomic E-state index is 15.3. The van der Waals surface area contributed by atoms with E-state index >= 15 is 4.39 Å². The van der Waals surface area contributed by atoms with Crippen LogP contribution >= 0.6 is 11.3 Å². The van der Waals surface area contributed by atoms with E-state index in [1.165, 1.54) is 17.4 Å². The number of halogens is 1. The number of carbonyl (C=O) groups is 1. The standard InChI is InChI=1S/C29H39FN6OS/c1-4-8-24(32-25-10-9-22(34-35-25)19-11-15-36(3)16-12-19)33-26(21(30)5-2)23-17-20-27(38-23)29(13-6-7-14-29)18-31-28(20)37/h5,8-10,17,19,22,34H,4,6-7,11-16,18H2,1-3H3,(H,31,37)(H,32,35)/b21-5+,24-8+,33-26-. The summed E-state index contributed by atoms with van der Waals surface area (Å²) >= 11 is 1.52. The van der Waals surface area contributed by atoms with Crippen molar-refractivity contribution in [3.05, 3.63) is 57.3 Å². The van der Waals surface area contributed by atoms with Crippen molar-refractivity contribution in [1.29, 1.82) is 0 Å². The Hall–Kier alpha value is -2.62. The van der Waals surface area contributed by atoms with Gasteiger partial charge in [0.25, 0.3) is 5.91 Å². The summed E-state index contributed by atoms with van der Waals surface area (Å²) in [4.78, 5) is 26.3. The smallest absolute Gasteiger partial charge is 0.252 e. The van der Waals surface area contributed by atoms with E-state index in [1.54, 1.807) is 6.92 Å². The van der Waals surface area contributed by atoms with E-state index in [4.69, 9.17) is 9.98 Å². The van der Waals surface area contributed by atoms with Gasteiger partial charge in [-0.1, -0.05) is 25.8 Å². The number of likely N-dealkylation sites (tertiary alicyclic amines) is 1. The summed E-state index contributed by atoms with van der Waals surface area (Å²) in [5.74, 6) is 1.18. The van der Waals surface area contributed by atoms with Gasteiger partial charge < -0.3 is 15.6 Å². The first-order valence-electron chi connectivity index (χ1n) is 13.9. The van der Waals surface area contributed by atoms with Crippen LogP contribution in [0, 0.1) is 5.92 Å². The first-order valence-corrected chi connectivity index (χ1v) is 14.7. The van der Waals surface area contributed by atoms with Crippen molar-refractivity contribution < 1.29 is 9.18 Å². The summed E-state index contributed by atoms with van der Waals surface area (Å²) in [6.45, 7) is 6.57. The van der Waals surface area contributed by atoms with Gasteiger partial charge in [0.05, 0.1) is 10.4 Å². The van der Waals surface area contributed by atoms with Crippen molar-refractivity contribution in [3.63, 3.8) is 0 Å². The molecule has 0 bridgehead atoms. The molecule has 1 aromatic rings. The second-order valence-corrected chi connectivity index (χ2v) is 11.9. The van der Waals surface area contributed by atoms with Gasteiger partial charge in [0, 0.05) is 22.9 Å². The second kappa shape index (κ2) is 11.6. The number of rotatable bonds is 6. The molecule has 204 valence electrons. The van der Waals surface area contributed by atoms with Gasteiger partial charge in [-0.15, -0.1) is 11.3 Å². The molecule has 7 nitrogen and oxygen atoms in total. The molecule has 3 N–H and O–H groups in total. The van der Waals surface area contributed by atoms with Crippen molar-refractivity contribution in [3.8, 4) is 0 Å². The number of carbonyl (C=O) groups excluding carboxylic acids is 1. The molecule has 2 fully saturated rings. The minimum atomic E-state index is -0.417. The zero-order valence-corrected chi connectivity index (χ0v) is 23.5. The predicted octanol–water partition coefficient (Wildman–Crippen LogP) is 4.99. The molecule has 1 unspecified atom stereocenters. The van der Waals surface area contributed by atoms with Gasteiger partial charge in [-0.25, -0.2) is 19.8 Å². The van der Waals surface area contributed by atoms with Gasteiger partial charge in [-0.05, 0) is 89.4 Å². The summed E-state index contributed by atoms with van der Waals surface area (Å²) in [6.07, 6.45) is 14.9. The lowest BCUT2D eigenvalue weighted by atomic mass is 9.80. The van der Waals surface area contributed by atoms with E-state index in [-0.39, 0.29) is 23.1 Å². The summed E-state index contributed by atoms with van der Waals surface area (Å²) in [6, 6.07) is 2.08. The molecule has 0 aromatic carbocycles. The average molecular weight is 539 g/mol. The van der Waals surface area contributed by atoms with E-state index < -0.39 is 5.83 Å².